The molecule has 0 N–H and O–H groups in total. The van der Waals surface area contributed by atoms with Gasteiger partial charge in [0.1, 0.15) is 0 Å². The van der Waals surface area contributed by atoms with E-state index in [2.05, 4.69) is 27.3 Å². The lowest BCUT2D eigenvalue weighted by atomic mass is 10.5. The van der Waals surface area contributed by atoms with Gasteiger partial charge >= 0.3 is 0 Å². The first-order valence-corrected chi connectivity index (χ1v) is 4.03. The highest BCUT2D eigenvalue weighted by molar-refractivity contribution is 4.97. The van der Waals surface area contributed by atoms with Gasteiger partial charge in [0.2, 0.25) is 0 Å². The standard InChI is InChI=1S/C8H13N5/c1-4-5-6-12(2)7-8-9-11-13(3)10-8/h6-7H2,1-3H3. The molecule has 1 aromatic rings. The minimum atomic E-state index is 0.683. The van der Waals surface area contributed by atoms with E-state index in [1.165, 1.54) is 4.80 Å². The van der Waals surface area contributed by atoms with E-state index >= 15 is 0 Å². The zero-order valence-electron chi connectivity index (χ0n) is 8.15. The van der Waals surface area contributed by atoms with Gasteiger partial charge in [0.25, 0.3) is 0 Å². The van der Waals surface area contributed by atoms with E-state index in [1.54, 1.807) is 7.05 Å². The van der Waals surface area contributed by atoms with E-state index in [0.717, 1.165) is 12.4 Å². The van der Waals surface area contributed by atoms with Gasteiger partial charge < -0.3 is 0 Å². The average Bonchev–Trinajstić information content (AvgIpc) is 2.48. The van der Waals surface area contributed by atoms with Crippen LogP contribution in [0.3, 0.4) is 0 Å². The van der Waals surface area contributed by atoms with Crippen molar-refractivity contribution < 1.29 is 0 Å². The maximum Gasteiger partial charge on any atom is 0.188 e. The molecule has 0 amide bonds. The summed E-state index contributed by atoms with van der Waals surface area (Å²) in [6.45, 7) is 3.24. The highest BCUT2D eigenvalue weighted by atomic mass is 15.6. The summed E-state index contributed by atoms with van der Waals surface area (Å²) in [6.07, 6.45) is 0. The topological polar surface area (TPSA) is 46.8 Å². The molecule has 0 saturated heterocycles. The molecule has 5 heteroatoms. The molecule has 5 nitrogen and oxygen atoms in total. The fourth-order valence-electron chi connectivity index (χ4n) is 0.898. The predicted molar refractivity (Wildman–Crippen MR) is 48.6 cm³/mol. The molecule has 0 aliphatic heterocycles. The molecule has 0 radical (unpaired) electrons. The van der Waals surface area contributed by atoms with Crippen molar-refractivity contribution in [2.45, 2.75) is 13.5 Å². The molecular formula is C8H13N5. The Bertz CT molecular complexity index is 319. The minimum absolute atomic E-state index is 0.683. The van der Waals surface area contributed by atoms with Crippen molar-refractivity contribution >= 4 is 0 Å². The number of nitrogens with zero attached hydrogens (tertiary/aromatic N) is 5. The quantitative estimate of drug-likeness (QED) is 0.596. The Balaban J connectivity index is 2.43. The SMILES string of the molecule is CC#CCN(C)Cc1nnn(C)n1. The Morgan fingerprint density at radius 2 is 2.31 bits per heavy atom. The Kier molecular flexibility index (Phi) is 3.41. The summed E-state index contributed by atoms with van der Waals surface area (Å²) >= 11 is 0. The van der Waals surface area contributed by atoms with E-state index in [1.807, 2.05) is 18.9 Å². The van der Waals surface area contributed by atoms with Crippen LogP contribution in [0.1, 0.15) is 12.7 Å². The molecular weight excluding hydrogens is 166 g/mol. The van der Waals surface area contributed by atoms with Gasteiger partial charge in [-0.05, 0) is 19.2 Å². The summed E-state index contributed by atoms with van der Waals surface area (Å²) in [5.41, 5.74) is 0. The van der Waals surface area contributed by atoms with Gasteiger partial charge in [-0.2, -0.15) is 4.80 Å². The van der Waals surface area contributed by atoms with Crippen LogP contribution in [0.5, 0.6) is 0 Å². The summed E-state index contributed by atoms with van der Waals surface area (Å²) < 4.78 is 0. The fraction of sp³-hybridized carbons (Fsp3) is 0.625. The molecule has 0 atom stereocenters. The van der Waals surface area contributed by atoms with Crippen molar-refractivity contribution in [2.24, 2.45) is 7.05 Å². The van der Waals surface area contributed by atoms with Gasteiger partial charge in [-0.1, -0.05) is 5.92 Å². The lowest BCUT2D eigenvalue weighted by Gasteiger charge is -2.08. The molecule has 1 rings (SSSR count). The summed E-state index contributed by atoms with van der Waals surface area (Å²) in [7, 11) is 3.73. The van der Waals surface area contributed by atoms with Crippen molar-refractivity contribution in [2.75, 3.05) is 13.6 Å². The molecule has 0 spiro atoms. The second kappa shape index (κ2) is 4.58. The number of hydrogen-bond acceptors (Lipinski definition) is 4. The average molecular weight is 179 g/mol. The summed E-state index contributed by atoms with van der Waals surface area (Å²) in [5, 5.41) is 11.7. The van der Waals surface area contributed by atoms with Crippen LogP contribution in [0, 0.1) is 11.8 Å². The summed E-state index contributed by atoms with van der Waals surface area (Å²) in [5.74, 6) is 6.53. The first kappa shape index (κ1) is 9.68. The van der Waals surface area contributed by atoms with E-state index in [9.17, 15) is 0 Å². The molecule has 0 saturated carbocycles. The van der Waals surface area contributed by atoms with Gasteiger partial charge in [0.05, 0.1) is 20.1 Å². The van der Waals surface area contributed by atoms with Crippen LogP contribution < -0.4 is 0 Å². The van der Waals surface area contributed by atoms with E-state index < -0.39 is 0 Å². The van der Waals surface area contributed by atoms with Gasteiger partial charge in [-0.3, -0.25) is 4.90 Å². The Labute approximate surface area is 77.7 Å². The molecule has 0 unspecified atom stereocenters. The van der Waals surface area contributed by atoms with E-state index in [4.69, 9.17) is 0 Å². The summed E-state index contributed by atoms with van der Waals surface area (Å²) in [6, 6.07) is 0. The van der Waals surface area contributed by atoms with Gasteiger partial charge in [0.15, 0.2) is 5.82 Å². The molecule has 0 bridgehead atoms. The third-order valence-electron chi connectivity index (χ3n) is 1.49. The zero-order valence-corrected chi connectivity index (χ0v) is 8.15. The fourth-order valence-corrected chi connectivity index (χ4v) is 0.898. The predicted octanol–water partition coefficient (Wildman–Crippen LogP) is -0.335. The van der Waals surface area contributed by atoms with E-state index in [-0.39, 0.29) is 0 Å². The smallest absolute Gasteiger partial charge is 0.188 e. The van der Waals surface area contributed by atoms with Gasteiger partial charge in [-0.15, -0.1) is 16.1 Å². The highest BCUT2D eigenvalue weighted by Crippen LogP contribution is 1.91. The second-order valence-electron chi connectivity index (χ2n) is 2.79. The van der Waals surface area contributed by atoms with Crippen molar-refractivity contribution in [3.8, 4) is 11.8 Å². The third kappa shape index (κ3) is 3.22. The number of aryl methyl sites for hydroxylation is 1. The van der Waals surface area contributed by atoms with Crippen molar-refractivity contribution in [1.82, 2.24) is 25.1 Å². The highest BCUT2D eigenvalue weighted by Gasteiger charge is 2.03. The normalized spacial score (nSPS) is 9.85. The minimum Gasteiger partial charge on any atom is -0.288 e. The lowest BCUT2D eigenvalue weighted by Crippen LogP contribution is -2.18. The number of rotatable bonds is 3. The zero-order chi connectivity index (χ0) is 9.68. The van der Waals surface area contributed by atoms with Crippen molar-refractivity contribution in [1.29, 1.82) is 0 Å². The van der Waals surface area contributed by atoms with Crippen LogP contribution in [0.2, 0.25) is 0 Å². The molecule has 1 aromatic heterocycles. The molecule has 0 aromatic carbocycles. The van der Waals surface area contributed by atoms with Crippen LogP contribution in [0.4, 0.5) is 0 Å². The second-order valence-corrected chi connectivity index (χ2v) is 2.79. The largest absolute Gasteiger partial charge is 0.288 e. The van der Waals surface area contributed by atoms with Gasteiger partial charge in [-0.25, -0.2) is 0 Å². The molecule has 13 heavy (non-hydrogen) atoms. The Morgan fingerprint density at radius 3 is 2.85 bits per heavy atom. The molecule has 0 aliphatic carbocycles. The molecule has 0 fully saturated rings. The van der Waals surface area contributed by atoms with Crippen LogP contribution in [0.25, 0.3) is 0 Å². The van der Waals surface area contributed by atoms with Gasteiger partial charge in [0, 0.05) is 0 Å². The first-order chi connectivity index (χ1) is 6.22. The Hall–Kier alpha value is -1.41. The summed E-state index contributed by atoms with van der Waals surface area (Å²) in [4.78, 5) is 3.49. The molecule has 0 aliphatic rings. The molecule has 1 heterocycles. The Morgan fingerprint density at radius 1 is 1.54 bits per heavy atom. The van der Waals surface area contributed by atoms with Crippen molar-refractivity contribution in [3.05, 3.63) is 5.82 Å². The van der Waals surface area contributed by atoms with E-state index in [0.29, 0.717) is 6.54 Å². The monoisotopic (exact) mass is 179 g/mol. The number of aromatic nitrogens is 4. The maximum absolute atomic E-state index is 4.06. The third-order valence-corrected chi connectivity index (χ3v) is 1.49. The number of tetrazole rings is 1. The number of hydrogen-bond donors (Lipinski definition) is 0. The van der Waals surface area contributed by atoms with Crippen LogP contribution in [0.15, 0.2) is 0 Å². The van der Waals surface area contributed by atoms with Crippen LogP contribution >= 0.6 is 0 Å². The van der Waals surface area contributed by atoms with Crippen LogP contribution in [-0.2, 0) is 13.6 Å². The van der Waals surface area contributed by atoms with Crippen LogP contribution in [-0.4, -0.2) is 38.7 Å². The molecule has 70 valence electrons. The lowest BCUT2D eigenvalue weighted by molar-refractivity contribution is 0.358. The van der Waals surface area contributed by atoms with Crippen molar-refractivity contribution in [3.63, 3.8) is 0 Å². The first-order valence-electron chi connectivity index (χ1n) is 4.03. The maximum atomic E-state index is 4.06.